The molecule has 0 fully saturated rings. The number of aliphatic hydroxyl groups excluding tert-OH is 1. The first-order chi connectivity index (χ1) is 3.79. The molecule has 0 saturated heterocycles. The van der Waals surface area contributed by atoms with E-state index in [-0.39, 0.29) is 5.76 Å². The summed E-state index contributed by atoms with van der Waals surface area (Å²) in [6.07, 6.45) is 3.79. The fraction of sp³-hybridized carbons (Fsp3) is 0.333. The Bertz CT molecular complexity index is 127. The molecule has 1 rings (SSSR count). The van der Waals surface area contributed by atoms with Gasteiger partial charge in [-0.1, -0.05) is 0 Å². The van der Waals surface area contributed by atoms with Crippen molar-refractivity contribution in [2.45, 2.75) is 13.3 Å². The van der Waals surface area contributed by atoms with Crippen molar-refractivity contribution < 1.29 is 9.84 Å². The molecule has 2 heteroatoms. The van der Waals surface area contributed by atoms with E-state index in [0.29, 0.717) is 6.42 Å². The van der Waals surface area contributed by atoms with Crippen LogP contribution in [0.3, 0.4) is 0 Å². The predicted octanol–water partition coefficient (Wildman–Crippen LogP) is 1.71. The maximum absolute atomic E-state index is 8.72. The van der Waals surface area contributed by atoms with Crippen LogP contribution >= 0.6 is 0 Å². The lowest BCUT2D eigenvalue weighted by atomic mass is 10.3. The average Bonchev–Trinajstić information content (AvgIpc) is 1.77. The van der Waals surface area contributed by atoms with Crippen molar-refractivity contribution in [1.29, 1.82) is 0 Å². The maximum atomic E-state index is 8.72. The highest BCUT2D eigenvalue weighted by Gasteiger charge is 1.97. The molecule has 44 valence electrons. The average molecular weight is 112 g/mol. The second-order valence-electron chi connectivity index (χ2n) is 1.75. The number of aliphatic hydroxyl groups is 1. The number of hydrogen-bond donors (Lipinski definition) is 1. The molecule has 1 heterocycles. The molecule has 0 aromatic heterocycles. The monoisotopic (exact) mass is 112 g/mol. The molecule has 8 heavy (non-hydrogen) atoms. The van der Waals surface area contributed by atoms with E-state index in [4.69, 9.17) is 9.84 Å². The summed E-state index contributed by atoms with van der Waals surface area (Å²) in [6, 6.07) is 0. The number of allylic oxidation sites excluding steroid dienone is 2. The van der Waals surface area contributed by atoms with E-state index in [2.05, 4.69) is 0 Å². The molecule has 2 nitrogen and oxygen atoms in total. The number of ether oxygens (including phenoxy) is 1. The second-order valence-corrected chi connectivity index (χ2v) is 1.75. The normalized spacial score (nSPS) is 18.6. The molecule has 1 N–H and O–H groups in total. The Morgan fingerprint density at radius 2 is 2.50 bits per heavy atom. The summed E-state index contributed by atoms with van der Waals surface area (Å²) >= 11 is 0. The number of hydrogen-bond acceptors (Lipinski definition) is 2. The van der Waals surface area contributed by atoms with Gasteiger partial charge in [0.15, 0.2) is 0 Å². The van der Waals surface area contributed by atoms with Gasteiger partial charge in [-0.2, -0.15) is 0 Å². The molecule has 0 unspecified atom stereocenters. The number of rotatable bonds is 0. The highest BCUT2D eigenvalue weighted by molar-refractivity contribution is 5.05. The van der Waals surface area contributed by atoms with Crippen molar-refractivity contribution in [3.63, 3.8) is 0 Å². The van der Waals surface area contributed by atoms with Gasteiger partial charge >= 0.3 is 0 Å². The molecular formula is C6H8O2. The molecule has 0 aromatic rings. The molecule has 0 spiro atoms. The third-order valence-corrected chi connectivity index (χ3v) is 0.980. The van der Waals surface area contributed by atoms with Crippen LogP contribution in [0.15, 0.2) is 23.9 Å². The SMILES string of the molecule is CC1=CCC(O)=CO1. The third-order valence-electron chi connectivity index (χ3n) is 0.980. The van der Waals surface area contributed by atoms with Gasteiger partial charge in [0.1, 0.15) is 12.0 Å². The molecule has 0 aliphatic carbocycles. The van der Waals surface area contributed by atoms with Gasteiger partial charge in [-0.3, -0.25) is 0 Å². The summed E-state index contributed by atoms with van der Waals surface area (Å²) in [5.74, 6) is 1.14. The fourth-order valence-electron chi connectivity index (χ4n) is 0.505. The smallest absolute Gasteiger partial charge is 0.131 e. The lowest BCUT2D eigenvalue weighted by Crippen LogP contribution is -1.90. The van der Waals surface area contributed by atoms with Crippen molar-refractivity contribution in [2.75, 3.05) is 0 Å². The van der Waals surface area contributed by atoms with Gasteiger partial charge in [0.2, 0.25) is 0 Å². The fourth-order valence-corrected chi connectivity index (χ4v) is 0.505. The van der Waals surface area contributed by atoms with Crippen LogP contribution < -0.4 is 0 Å². The zero-order valence-electron chi connectivity index (χ0n) is 4.72. The van der Waals surface area contributed by atoms with Crippen molar-refractivity contribution >= 4 is 0 Å². The van der Waals surface area contributed by atoms with Gasteiger partial charge in [0.05, 0.1) is 5.76 Å². The van der Waals surface area contributed by atoms with Crippen LogP contribution in [0.2, 0.25) is 0 Å². The van der Waals surface area contributed by atoms with Crippen LogP contribution in [0.1, 0.15) is 13.3 Å². The van der Waals surface area contributed by atoms with E-state index in [0.717, 1.165) is 5.76 Å². The zero-order valence-corrected chi connectivity index (χ0v) is 4.72. The van der Waals surface area contributed by atoms with Crippen molar-refractivity contribution in [1.82, 2.24) is 0 Å². The summed E-state index contributed by atoms with van der Waals surface area (Å²) in [5.41, 5.74) is 0. The summed E-state index contributed by atoms with van der Waals surface area (Å²) in [6.45, 7) is 1.85. The summed E-state index contributed by atoms with van der Waals surface area (Å²) in [4.78, 5) is 0. The first kappa shape index (κ1) is 5.22. The lowest BCUT2D eigenvalue weighted by molar-refractivity contribution is 0.288. The van der Waals surface area contributed by atoms with Crippen LogP contribution in [-0.4, -0.2) is 5.11 Å². The van der Waals surface area contributed by atoms with Gasteiger partial charge in [-0.15, -0.1) is 0 Å². The molecule has 0 radical (unpaired) electrons. The van der Waals surface area contributed by atoms with E-state index >= 15 is 0 Å². The molecule has 0 amide bonds. The molecule has 1 aliphatic heterocycles. The summed E-state index contributed by atoms with van der Waals surface area (Å²) in [5, 5.41) is 8.72. The minimum absolute atomic E-state index is 0.288. The van der Waals surface area contributed by atoms with E-state index in [1.165, 1.54) is 6.26 Å². The Morgan fingerprint density at radius 1 is 1.75 bits per heavy atom. The van der Waals surface area contributed by atoms with Gasteiger partial charge < -0.3 is 9.84 Å². The van der Waals surface area contributed by atoms with Gasteiger partial charge in [0.25, 0.3) is 0 Å². The van der Waals surface area contributed by atoms with E-state index in [1.54, 1.807) is 0 Å². The van der Waals surface area contributed by atoms with Crippen LogP contribution in [0, 0.1) is 0 Å². The van der Waals surface area contributed by atoms with E-state index < -0.39 is 0 Å². The van der Waals surface area contributed by atoms with Crippen LogP contribution in [0.4, 0.5) is 0 Å². The van der Waals surface area contributed by atoms with E-state index in [9.17, 15) is 0 Å². The Morgan fingerprint density at radius 3 is 2.88 bits per heavy atom. The quantitative estimate of drug-likeness (QED) is 0.517. The molecular weight excluding hydrogens is 104 g/mol. The Balaban J connectivity index is 2.54. The third kappa shape index (κ3) is 1.03. The van der Waals surface area contributed by atoms with E-state index in [1.807, 2.05) is 13.0 Å². The van der Waals surface area contributed by atoms with Crippen LogP contribution in [-0.2, 0) is 4.74 Å². The Kier molecular flexibility index (Phi) is 1.24. The molecule has 0 bridgehead atoms. The van der Waals surface area contributed by atoms with Gasteiger partial charge in [-0.05, 0) is 13.0 Å². The Labute approximate surface area is 48.1 Å². The van der Waals surface area contributed by atoms with Crippen LogP contribution in [0.25, 0.3) is 0 Å². The summed E-state index contributed by atoms with van der Waals surface area (Å²) in [7, 11) is 0. The van der Waals surface area contributed by atoms with Crippen molar-refractivity contribution in [3.8, 4) is 0 Å². The zero-order chi connectivity index (χ0) is 5.98. The van der Waals surface area contributed by atoms with Gasteiger partial charge in [0, 0.05) is 6.42 Å². The first-order valence-electron chi connectivity index (χ1n) is 2.50. The minimum Gasteiger partial charge on any atom is -0.509 e. The lowest BCUT2D eigenvalue weighted by Gasteiger charge is -2.05. The molecule has 0 atom stereocenters. The van der Waals surface area contributed by atoms with Crippen LogP contribution in [0.5, 0.6) is 0 Å². The largest absolute Gasteiger partial charge is 0.509 e. The molecule has 0 saturated carbocycles. The standard InChI is InChI=1S/C6H8O2/c1-5-2-3-6(7)4-8-5/h2,4,7H,3H2,1H3. The van der Waals surface area contributed by atoms with Gasteiger partial charge in [-0.25, -0.2) is 0 Å². The predicted molar refractivity (Wildman–Crippen MR) is 30.2 cm³/mol. The Hall–Kier alpha value is -0.920. The van der Waals surface area contributed by atoms with Crippen molar-refractivity contribution in [3.05, 3.63) is 23.9 Å². The topological polar surface area (TPSA) is 29.5 Å². The summed E-state index contributed by atoms with van der Waals surface area (Å²) < 4.78 is 4.84. The highest BCUT2D eigenvalue weighted by atomic mass is 16.5. The highest BCUT2D eigenvalue weighted by Crippen LogP contribution is 2.10. The van der Waals surface area contributed by atoms with Crippen molar-refractivity contribution in [2.24, 2.45) is 0 Å². The first-order valence-corrected chi connectivity index (χ1v) is 2.50. The second kappa shape index (κ2) is 1.90. The minimum atomic E-state index is 0.288. The molecule has 0 aromatic carbocycles. The maximum Gasteiger partial charge on any atom is 0.131 e. The molecule has 1 aliphatic rings.